The highest BCUT2D eigenvalue weighted by atomic mass is 32.1. The molecule has 1 rings (SSSR count). The number of hydrogen-bond acceptors (Lipinski definition) is 4. The lowest BCUT2D eigenvalue weighted by molar-refractivity contribution is 0.134. The fourth-order valence-corrected chi connectivity index (χ4v) is 3.08. The average Bonchev–Trinajstić information content (AvgIpc) is 2.83. The first kappa shape index (κ1) is 14.6. The van der Waals surface area contributed by atoms with Crippen molar-refractivity contribution in [3.05, 3.63) is 22.4 Å². The van der Waals surface area contributed by atoms with Crippen LogP contribution in [0.5, 0.6) is 0 Å². The zero-order valence-electron chi connectivity index (χ0n) is 10.8. The van der Waals surface area contributed by atoms with Crippen molar-refractivity contribution >= 4 is 11.3 Å². The molecule has 0 aliphatic rings. The Balaban J connectivity index is 2.86. The minimum absolute atomic E-state index is 0.131. The Bertz CT molecular complexity index is 284. The van der Waals surface area contributed by atoms with E-state index in [-0.39, 0.29) is 18.7 Å². The Hall–Kier alpha value is -0.420. The van der Waals surface area contributed by atoms with E-state index in [2.05, 4.69) is 36.3 Å². The van der Waals surface area contributed by atoms with E-state index in [9.17, 15) is 5.11 Å². The molecule has 3 N–H and O–H groups in total. The SMILES string of the molecule is CCCN(CCO)C(c1cccs1)C(N)CC. The summed E-state index contributed by atoms with van der Waals surface area (Å²) in [4.78, 5) is 3.61. The Morgan fingerprint density at radius 2 is 2.18 bits per heavy atom. The normalized spacial score (nSPS) is 15.1. The molecule has 0 bridgehead atoms. The highest BCUT2D eigenvalue weighted by molar-refractivity contribution is 7.10. The van der Waals surface area contributed by atoms with Gasteiger partial charge in [0, 0.05) is 17.5 Å². The van der Waals surface area contributed by atoms with Gasteiger partial charge in [-0.1, -0.05) is 19.9 Å². The van der Waals surface area contributed by atoms with Gasteiger partial charge in [-0.2, -0.15) is 0 Å². The van der Waals surface area contributed by atoms with Crippen LogP contribution in [0.1, 0.15) is 37.6 Å². The largest absolute Gasteiger partial charge is 0.395 e. The lowest BCUT2D eigenvalue weighted by Gasteiger charge is -2.34. The molecule has 0 saturated carbocycles. The molecule has 0 aliphatic heterocycles. The minimum atomic E-state index is 0.131. The molecule has 1 aromatic heterocycles. The molecule has 0 saturated heterocycles. The monoisotopic (exact) mass is 256 g/mol. The number of rotatable bonds is 8. The Morgan fingerprint density at radius 1 is 1.41 bits per heavy atom. The number of nitrogens with two attached hydrogens (primary N) is 1. The predicted molar refractivity (Wildman–Crippen MR) is 74.3 cm³/mol. The van der Waals surface area contributed by atoms with Gasteiger partial charge < -0.3 is 10.8 Å². The fraction of sp³-hybridized carbons (Fsp3) is 0.692. The molecular weight excluding hydrogens is 232 g/mol. The lowest BCUT2D eigenvalue weighted by atomic mass is 10.0. The Labute approximate surface area is 108 Å². The molecule has 98 valence electrons. The third-order valence-electron chi connectivity index (χ3n) is 3.00. The molecule has 0 amide bonds. The van der Waals surface area contributed by atoms with E-state index >= 15 is 0 Å². The second-order valence-electron chi connectivity index (χ2n) is 4.29. The molecule has 0 aromatic carbocycles. The zero-order chi connectivity index (χ0) is 12.7. The van der Waals surface area contributed by atoms with E-state index in [1.54, 1.807) is 11.3 Å². The Kier molecular flexibility index (Phi) is 6.73. The average molecular weight is 256 g/mol. The Morgan fingerprint density at radius 3 is 2.65 bits per heavy atom. The first-order valence-electron chi connectivity index (χ1n) is 6.38. The quantitative estimate of drug-likeness (QED) is 0.750. The number of nitrogens with zero attached hydrogens (tertiary/aromatic N) is 1. The summed E-state index contributed by atoms with van der Waals surface area (Å²) in [7, 11) is 0. The summed E-state index contributed by atoms with van der Waals surface area (Å²) in [5.41, 5.74) is 6.25. The molecule has 0 fully saturated rings. The molecule has 1 aromatic rings. The smallest absolute Gasteiger partial charge is 0.0594 e. The van der Waals surface area contributed by atoms with Crippen molar-refractivity contribution in [2.75, 3.05) is 19.7 Å². The lowest BCUT2D eigenvalue weighted by Crippen LogP contribution is -2.42. The van der Waals surface area contributed by atoms with Crippen LogP contribution in [0.3, 0.4) is 0 Å². The van der Waals surface area contributed by atoms with Crippen molar-refractivity contribution in [3.63, 3.8) is 0 Å². The van der Waals surface area contributed by atoms with Gasteiger partial charge in [0.25, 0.3) is 0 Å². The van der Waals surface area contributed by atoms with Crippen LogP contribution in [0.4, 0.5) is 0 Å². The van der Waals surface area contributed by atoms with Crippen molar-refractivity contribution in [1.82, 2.24) is 4.90 Å². The van der Waals surface area contributed by atoms with Crippen molar-refractivity contribution in [2.45, 2.75) is 38.8 Å². The summed E-state index contributed by atoms with van der Waals surface area (Å²) in [5, 5.41) is 11.3. The van der Waals surface area contributed by atoms with Crippen molar-refractivity contribution in [1.29, 1.82) is 0 Å². The van der Waals surface area contributed by atoms with Gasteiger partial charge in [-0.3, -0.25) is 4.90 Å². The van der Waals surface area contributed by atoms with E-state index in [0.717, 1.165) is 19.4 Å². The number of aliphatic hydroxyl groups excluding tert-OH is 1. The van der Waals surface area contributed by atoms with E-state index in [0.29, 0.717) is 6.54 Å². The molecule has 17 heavy (non-hydrogen) atoms. The van der Waals surface area contributed by atoms with Gasteiger partial charge in [0.15, 0.2) is 0 Å². The van der Waals surface area contributed by atoms with E-state index in [1.165, 1.54) is 4.88 Å². The number of thiophene rings is 1. The number of aliphatic hydroxyl groups is 1. The highest BCUT2D eigenvalue weighted by Gasteiger charge is 2.25. The summed E-state index contributed by atoms with van der Waals surface area (Å²) in [6.45, 7) is 6.15. The van der Waals surface area contributed by atoms with Gasteiger partial charge in [-0.15, -0.1) is 11.3 Å². The van der Waals surface area contributed by atoms with Crippen molar-refractivity contribution < 1.29 is 5.11 Å². The summed E-state index contributed by atoms with van der Waals surface area (Å²) in [5.74, 6) is 0. The van der Waals surface area contributed by atoms with E-state index in [1.807, 2.05) is 0 Å². The van der Waals surface area contributed by atoms with Gasteiger partial charge in [-0.05, 0) is 30.8 Å². The van der Waals surface area contributed by atoms with Crippen LogP contribution >= 0.6 is 11.3 Å². The van der Waals surface area contributed by atoms with Crippen LogP contribution in [0.15, 0.2) is 17.5 Å². The third kappa shape index (κ3) is 4.07. The summed E-state index contributed by atoms with van der Waals surface area (Å²) in [6.07, 6.45) is 2.03. The maximum absolute atomic E-state index is 9.19. The second-order valence-corrected chi connectivity index (χ2v) is 5.27. The summed E-state index contributed by atoms with van der Waals surface area (Å²) >= 11 is 1.75. The molecule has 0 aliphatic carbocycles. The van der Waals surface area contributed by atoms with Crippen molar-refractivity contribution in [3.8, 4) is 0 Å². The molecule has 4 heteroatoms. The topological polar surface area (TPSA) is 49.5 Å². The van der Waals surface area contributed by atoms with Crippen LogP contribution in [0, 0.1) is 0 Å². The van der Waals surface area contributed by atoms with Gasteiger partial charge in [0.05, 0.1) is 12.6 Å². The van der Waals surface area contributed by atoms with Crippen LogP contribution in [-0.4, -0.2) is 35.7 Å². The van der Waals surface area contributed by atoms with Gasteiger partial charge in [0.1, 0.15) is 0 Å². The predicted octanol–water partition coefficient (Wildman–Crippen LogP) is 2.23. The first-order valence-corrected chi connectivity index (χ1v) is 7.26. The van der Waals surface area contributed by atoms with E-state index in [4.69, 9.17) is 5.73 Å². The van der Waals surface area contributed by atoms with Gasteiger partial charge in [0.2, 0.25) is 0 Å². The van der Waals surface area contributed by atoms with Crippen LogP contribution < -0.4 is 5.73 Å². The minimum Gasteiger partial charge on any atom is -0.395 e. The maximum Gasteiger partial charge on any atom is 0.0594 e. The van der Waals surface area contributed by atoms with E-state index < -0.39 is 0 Å². The third-order valence-corrected chi connectivity index (χ3v) is 3.95. The maximum atomic E-state index is 9.19. The highest BCUT2D eigenvalue weighted by Crippen LogP contribution is 2.28. The number of hydrogen-bond donors (Lipinski definition) is 2. The zero-order valence-corrected chi connectivity index (χ0v) is 11.6. The molecule has 2 unspecified atom stereocenters. The molecule has 1 heterocycles. The molecule has 3 nitrogen and oxygen atoms in total. The van der Waals surface area contributed by atoms with Crippen LogP contribution in [-0.2, 0) is 0 Å². The van der Waals surface area contributed by atoms with Crippen LogP contribution in [0.2, 0.25) is 0 Å². The standard InChI is InChI=1S/C13H24N2OS/c1-3-7-15(8-9-16)13(11(14)4-2)12-6-5-10-17-12/h5-6,10-11,13,16H,3-4,7-9,14H2,1-2H3. The summed E-state index contributed by atoms with van der Waals surface area (Å²) in [6, 6.07) is 4.59. The molecule has 2 atom stereocenters. The first-order chi connectivity index (χ1) is 8.24. The second kappa shape index (κ2) is 7.82. The molecule has 0 radical (unpaired) electrons. The van der Waals surface area contributed by atoms with Crippen molar-refractivity contribution in [2.24, 2.45) is 5.73 Å². The molecule has 0 spiro atoms. The fourth-order valence-electron chi connectivity index (χ4n) is 2.15. The summed E-state index contributed by atoms with van der Waals surface area (Å²) < 4.78 is 0. The van der Waals surface area contributed by atoms with Gasteiger partial charge in [-0.25, -0.2) is 0 Å². The van der Waals surface area contributed by atoms with Crippen LogP contribution in [0.25, 0.3) is 0 Å². The van der Waals surface area contributed by atoms with Gasteiger partial charge >= 0.3 is 0 Å². The molecular formula is C13H24N2OS.